The van der Waals surface area contributed by atoms with Crippen molar-refractivity contribution < 1.29 is 14.3 Å². The molecule has 3 rings (SSSR count). The Balaban J connectivity index is 1.73. The minimum Gasteiger partial charge on any atom is -0.490 e. The van der Waals surface area contributed by atoms with Gasteiger partial charge in [-0.05, 0) is 80.7 Å². The molecule has 0 radical (unpaired) electrons. The van der Waals surface area contributed by atoms with E-state index in [0.717, 1.165) is 20.1 Å². The summed E-state index contributed by atoms with van der Waals surface area (Å²) in [5, 5.41) is 4.08. The van der Waals surface area contributed by atoms with Gasteiger partial charge in [0.15, 0.2) is 11.5 Å². The van der Waals surface area contributed by atoms with Crippen LogP contribution in [0.25, 0.3) is 0 Å². The van der Waals surface area contributed by atoms with Crippen molar-refractivity contribution >= 4 is 59.9 Å². The third kappa shape index (κ3) is 6.66. The number of hydrogen-bond donors (Lipinski definition) is 1. The van der Waals surface area contributed by atoms with Gasteiger partial charge < -0.3 is 9.47 Å². The Labute approximate surface area is 206 Å². The van der Waals surface area contributed by atoms with E-state index in [1.54, 1.807) is 24.4 Å². The zero-order chi connectivity index (χ0) is 22.2. The van der Waals surface area contributed by atoms with Crippen molar-refractivity contribution in [2.24, 2.45) is 5.10 Å². The Morgan fingerprint density at radius 2 is 1.68 bits per heavy atom. The van der Waals surface area contributed by atoms with Crippen molar-refractivity contribution in [3.8, 4) is 11.5 Å². The molecule has 1 N–H and O–H groups in total. The highest BCUT2D eigenvalue weighted by Gasteiger charge is 2.11. The van der Waals surface area contributed by atoms with Gasteiger partial charge in [0, 0.05) is 19.0 Å². The van der Waals surface area contributed by atoms with E-state index in [9.17, 15) is 4.79 Å². The molecule has 3 aromatic rings. The fourth-order valence-corrected chi connectivity index (χ4v) is 3.79. The molecule has 0 aliphatic heterocycles. The Morgan fingerprint density at radius 1 is 0.968 bits per heavy atom. The molecular weight excluding hydrogens is 592 g/mol. The first-order chi connectivity index (χ1) is 15.0. The third-order valence-corrected chi connectivity index (χ3v) is 6.07. The molecule has 1 amide bonds. The summed E-state index contributed by atoms with van der Waals surface area (Å²) in [4.78, 5) is 12.3. The zero-order valence-corrected chi connectivity index (χ0v) is 21.3. The number of carbonyl (C=O) groups excluding carboxylic acids is 1. The number of hydrogen-bond acceptors (Lipinski definition) is 4. The van der Waals surface area contributed by atoms with Gasteiger partial charge in [-0.2, -0.15) is 5.10 Å². The molecular formula is C23H19Br3N2O3. The van der Waals surface area contributed by atoms with Crippen molar-refractivity contribution in [2.45, 2.75) is 13.5 Å². The van der Waals surface area contributed by atoms with Crippen molar-refractivity contribution in [3.05, 3.63) is 90.8 Å². The SMILES string of the molecule is CCOc1cc(/C=N\NC(=O)c2ccccc2Br)c(Br)cc1OCc1ccc(Br)cc1. The van der Waals surface area contributed by atoms with Crippen LogP contribution >= 0.6 is 47.8 Å². The van der Waals surface area contributed by atoms with Gasteiger partial charge in [0.1, 0.15) is 6.61 Å². The summed E-state index contributed by atoms with van der Waals surface area (Å²) in [6, 6.07) is 18.7. The van der Waals surface area contributed by atoms with E-state index >= 15 is 0 Å². The molecule has 0 saturated heterocycles. The van der Waals surface area contributed by atoms with Gasteiger partial charge in [0.2, 0.25) is 0 Å². The van der Waals surface area contributed by atoms with Crippen LogP contribution in [0.1, 0.15) is 28.4 Å². The molecule has 0 spiro atoms. The van der Waals surface area contributed by atoms with E-state index in [2.05, 4.69) is 58.3 Å². The van der Waals surface area contributed by atoms with Gasteiger partial charge >= 0.3 is 0 Å². The number of ether oxygens (including phenoxy) is 2. The molecule has 31 heavy (non-hydrogen) atoms. The van der Waals surface area contributed by atoms with Gasteiger partial charge in [-0.15, -0.1) is 0 Å². The quantitative estimate of drug-likeness (QED) is 0.228. The maximum absolute atomic E-state index is 12.3. The summed E-state index contributed by atoms with van der Waals surface area (Å²) < 4.78 is 14.2. The second-order valence-electron chi connectivity index (χ2n) is 6.35. The number of nitrogens with zero attached hydrogens (tertiary/aromatic N) is 1. The first kappa shape index (κ1) is 23.5. The van der Waals surface area contributed by atoms with Crippen molar-refractivity contribution in [2.75, 3.05) is 6.61 Å². The molecule has 160 valence electrons. The summed E-state index contributed by atoms with van der Waals surface area (Å²) in [6.45, 7) is 2.81. The van der Waals surface area contributed by atoms with Gasteiger partial charge in [-0.1, -0.05) is 40.2 Å². The number of halogens is 3. The lowest BCUT2D eigenvalue weighted by Crippen LogP contribution is -2.18. The average Bonchev–Trinajstić information content (AvgIpc) is 2.76. The maximum atomic E-state index is 12.3. The van der Waals surface area contributed by atoms with Gasteiger partial charge in [-0.25, -0.2) is 5.43 Å². The van der Waals surface area contributed by atoms with Crippen LogP contribution in [0.2, 0.25) is 0 Å². The van der Waals surface area contributed by atoms with E-state index in [-0.39, 0.29) is 5.91 Å². The highest BCUT2D eigenvalue weighted by molar-refractivity contribution is 9.11. The van der Waals surface area contributed by atoms with Crippen LogP contribution in [0, 0.1) is 0 Å². The minimum absolute atomic E-state index is 0.306. The molecule has 0 atom stereocenters. The van der Waals surface area contributed by atoms with E-state index in [4.69, 9.17) is 9.47 Å². The monoisotopic (exact) mass is 608 g/mol. The molecule has 5 nitrogen and oxygen atoms in total. The Morgan fingerprint density at radius 3 is 2.39 bits per heavy atom. The molecule has 0 saturated carbocycles. The number of rotatable bonds is 8. The molecule has 3 aromatic carbocycles. The molecule has 0 heterocycles. The molecule has 8 heteroatoms. The second kappa shape index (κ2) is 11.5. The molecule has 0 bridgehead atoms. The lowest BCUT2D eigenvalue weighted by Gasteiger charge is -2.14. The van der Waals surface area contributed by atoms with Gasteiger partial charge in [-0.3, -0.25) is 4.79 Å². The zero-order valence-electron chi connectivity index (χ0n) is 16.6. The predicted octanol–water partition coefficient (Wildman–Crippen LogP) is 6.72. The topological polar surface area (TPSA) is 59.9 Å². The van der Waals surface area contributed by atoms with Gasteiger partial charge in [0.25, 0.3) is 5.91 Å². The summed E-state index contributed by atoms with van der Waals surface area (Å²) in [6.07, 6.45) is 1.56. The van der Waals surface area contributed by atoms with Crippen LogP contribution in [0.3, 0.4) is 0 Å². The predicted molar refractivity (Wildman–Crippen MR) is 133 cm³/mol. The van der Waals surface area contributed by atoms with E-state index < -0.39 is 0 Å². The van der Waals surface area contributed by atoms with Crippen LogP contribution in [0.4, 0.5) is 0 Å². The van der Waals surface area contributed by atoms with Crippen molar-refractivity contribution in [3.63, 3.8) is 0 Å². The van der Waals surface area contributed by atoms with Crippen LogP contribution in [-0.4, -0.2) is 18.7 Å². The van der Waals surface area contributed by atoms with Crippen LogP contribution in [0.5, 0.6) is 11.5 Å². The first-order valence-corrected chi connectivity index (χ1v) is 11.8. The summed E-state index contributed by atoms with van der Waals surface area (Å²) in [5.41, 5.74) is 4.83. The van der Waals surface area contributed by atoms with E-state index in [1.165, 1.54) is 0 Å². The molecule has 0 aliphatic rings. The Hall–Kier alpha value is -2.16. The molecule has 0 unspecified atom stereocenters. The number of benzene rings is 3. The third-order valence-electron chi connectivity index (χ3n) is 4.16. The normalized spacial score (nSPS) is 10.8. The summed E-state index contributed by atoms with van der Waals surface area (Å²) >= 11 is 10.3. The van der Waals surface area contributed by atoms with Crippen LogP contribution in [-0.2, 0) is 6.61 Å². The van der Waals surface area contributed by atoms with Crippen LogP contribution < -0.4 is 14.9 Å². The fourth-order valence-electron chi connectivity index (χ4n) is 2.64. The van der Waals surface area contributed by atoms with E-state index in [1.807, 2.05) is 49.4 Å². The molecule has 0 fully saturated rings. The lowest BCUT2D eigenvalue weighted by atomic mass is 10.2. The van der Waals surface area contributed by atoms with Crippen molar-refractivity contribution in [1.29, 1.82) is 0 Å². The summed E-state index contributed by atoms with van der Waals surface area (Å²) in [5.74, 6) is 0.909. The lowest BCUT2D eigenvalue weighted by molar-refractivity contribution is 0.0954. The number of hydrazone groups is 1. The number of nitrogens with one attached hydrogen (secondary N) is 1. The fraction of sp³-hybridized carbons (Fsp3) is 0.130. The highest BCUT2D eigenvalue weighted by Crippen LogP contribution is 2.34. The average molecular weight is 611 g/mol. The number of carbonyl (C=O) groups is 1. The number of amides is 1. The Kier molecular flexibility index (Phi) is 8.69. The van der Waals surface area contributed by atoms with E-state index in [0.29, 0.717) is 34.7 Å². The largest absolute Gasteiger partial charge is 0.490 e. The Bertz CT molecular complexity index is 1090. The minimum atomic E-state index is -0.306. The summed E-state index contributed by atoms with van der Waals surface area (Å²) in [7, 11) is 0. The smallest absolute Gasteiger partial charge is 0.272 e. The molecule has 0 aliphatic carbocycles. The van der Waals surface area contributed by atoms with Crippen LogP contribution in [0.15, 0.2) is 79.2 Å². The molecule has 0 aromatic heterocycles. The highest BCUT2D eigenvalue weighted by atomic mass is 79.9. The van der Waals surface area contributed by atoms with Gasteiger partial charge in [0.05, 0.1) is 18.4 Å². The van der Waals surface area contributed by atoms with Crippen molar-refractivity contribution in [1.82, 2.24) is 5.43 Å². The maximum Gasteiger partial charge on any atom is 0.272 e. The standard InChI is InChI=1S/C23H19Br3N2O3/c1-2-30-21-11-16(13-27-28-23(29)18-5-3-4-6-19(18)25)20(26)12-22(21)31-14-15-7-9-17(24)10-8-15/h3-13H,2,14H2,1H3,(H,28,29)/b27-13-. The second-order valence-corrected chi connectivity index (χ2v) is 8.97. The first-order valence-electron chi connectivity index (χ1n) is 9.39.